The Morgan fingerprint density at radius 1 is 1.30 bits per heavy atom. The van der Waals surface area contributed by atoms with Crippen molar-refractivity contribution in [2.24, 2.45) is 11.8 Å². The van der Waals surface area contributed by atoms with Crippen molar-refractivity contribution in [3.05, 3.63) is 12.2 Å². The molecule has 5 atom stereocenters. The van der Waals surface area contributed by atoms with Crippen molar-refractivity contribution < 1.29 is 53.4 Å². The normalized spacial score (nSPS) is 33.7. The SMILES string of the molecule is C=C(COC(=O)C(F)(F)S(=O)(=O)O)C(=O)OC1C2CC3C1OS(=O)(=O)C3C2. The van der Waals surface area contributed by atoms with Crippen molar-refractivity contribution in [1.82, 2.24) is 0 Å². The van der Waals surface area contributed by atoms with Gasteiger partial charge in [0, 0.05) is 11.8 Å². The van der Waals surface area contributed by atoms with Gasteiger partial charge in [-0.3, -0.25) is 8.74 Å². The molecule has 2 bridgehead atoms. The summed E-state index contributed by atoms with van der Waals surface area (Å²) >= 11 is 0. The number of hydrogen-bond donors (Lipinski definition) is 1. The highest BCUT2D eigenvalue weighted by Gasteiger charge is 2.65. The second-order valence-corrected chi connectivity index (χ2v) is 9.78. The highest BCUT2D eigenvalue weighted by atomic mass is 32.2. The molecule has 3 rings (SSSR count). The number of alkyl halides is 2. The molecule has 14 heteroatoms. The van der Waals surface area contributed by atoms with E-state index in [0.717, 1.165) is 0 Å². The first-order chi connectivity index (χ1) is 12.3. The molecular weight excluding hydrogens is 418 g/mol. The van der Waals surface area contributed by atoms with Crippen LogP contribution in [-0.4, -0.2) is 62.6 Å². The topological polar surface area (TPSA) is 150 Å². The van der Waals surface area contributed by atoms with Crippen molar-refractivity contribution in [3.63, 3.8) is 0 Å². The number of carbonyl (C=O) groups is 2. The third kappa shape index (κ3) is 3.23. The van der Waals surface area contributed by atoms with E-state index >= 15 is 0 Å². The van der Waals surface area contributed by atoms with Crippen LogP contribution in [0.4, 0.5) is 8.78 Å². The van der Waals surface area contributed by atoms with Gasteiger partial charge >= 0.3 is 27.3 Å². The molecule has 0 radical (unpaired) electrons. The van der Waals surface area contributed by atoms with E-state index in [1.54, 1.807) is 0 Å². The first-order valence-electron chi connectivity index (χ1n) is 7.58. The predicted octanol–water partition coefficient (Wildman–Crippen LogP) is -0.385. The highest BCUT2D eigenvalue weighted by Crippen LogP contribution is 2.55. The van der Waals surface area contributed by atoms with Gasteiger partial charge < -0.3 is 9.47 Å². The van der Waals surface area contributed by atoms with Crippen LogP contribution in [0.2, 0.25) is 0 Å². The summed E-state index contributed by atoms with van der Waals surface area (Å²) in [7, 11) is -9.76. The van der Waals surface area contributed by atoms with E-state index in [1.807, 2.05) is 0 Å². The van der Waals surface area contributed by atoms with Crippen LogP contribution in [0.5, 0.6) is 0 Å². The molecule has 1 N–H and O–H groups in total. The van der Waals surface area contributed by atoms with Gasteiger partial charge in [0.25, 0.3) is 10.1 Å². The van der Waals surface area contributed by atoms with Crippen LogP contribution in [0.1, 0.15) is 12.8 Å². The quantitative estimate of drug-likeness (QED) is 0.254. The number of esters is 2. The minimum atomic E-state index is -6.04. The fourth-order valence-electron chi connectivity index (χ4n) is 3.65. The lowest BCUT2D eigenvalue weighted by Gasteiger charge is -2.25. The van der Waals surface area contributed by atoms with E-state index in [9.17, 15) is 35.2 Å². The van der Waals surface area contributed by atoms with E-state index in [1.165, 1.54) is 0 Å². The van der Waals surface area contributed by atoms with E-state index < -0.39 is 67.1 Å². The molecule has 0 amide bonds. The second-order valence-electron chi connectivity index (χ2n) is 6.53. The lowest BCUT2D eigenvalue weighted by atomic mass is 9.94. The molecule has 0 aromatic carbocycles. The molecular formula is C13H14F2O10S2. The lowest BCUT2D eigenvalue weighted by molar-refractivity contribution is -0.161. The van der Waals surface area contributed by atoms with Crippen molar-refractivity contribution >= 4 is 32.2 Å². The Kier molecular flexibility index (Phi) is 4.61. The fourth-order valence-corrected chi connectivity index (χ4v) is 5.80. The Balaban J connectivity index is 1.57. The minimum absolute atomic E-state index is 0.245. The summed E-state index contributed by atoms with van der Waals surface area (Å²) in [4.78, 5) is 23.1. The summed E-state index contributed by atoms with van der Waals surface area (Å²) < 4.78 is 93.0. The third-order valence-electron chi connectivity index (χ3n) is 4.88. The Morgan fingerprint density at radius 2 is 1.93 bits per heavy atom. The largest absolute Gasteiger partial charge is 0.465 e. The second kappa shape index (κ2) is 6.18. The zero-order chi connectivity index (χ0) is 20.4. The van der Waals surface area contributed by atoms with Crippen LogP contribution in [0.3, 0.4) is 0 Å². The van der Waals surface area contributed by atoms with E-state index in [0.29, 0.717) is 6.42 Å². The van der Waals surface area contributed by atoms with E-state index in [2.05, 4.69) is 11.3 Å². The van der Waals surface area contributed by atoms with Crippen LogP contribution >= 0.6 is 0 Å². The number of halogens is 2. The fraction of sp³-hybridized carbons (Fsp3) is 0.692. The van der Waals surface area contributed by atoms with Crippen molar-refractivity contribution in [2.75, 3.05) is 6.61 Å². The number of fused-ring (bicyclic) bond motifs is 1. The monoisotopic (exact) mass is 432 g/mol. The molecule has 10 nitrogen and oxygen atoms in total. The zero-order valence-corrected chi connectivity index (χ0v) is 15.0. The van der Waals surface area contributed by atoms with Gasteiger partial charge in [-0.2, -0.15) is 25.6 Å². The number of hydrogen-bond acceptors (Lipinski definition) is 9. The maximum Gasteiger partial charge on any atom is 0.465 e. The third-order valence-corrected chi connectivity index (χ3v) is 7.47. The Hall–Kier alpha value is -1.64. The molecule has 1 saturated heterocycles. The Bertz CT molecular complexity index is 909. The summed E-state index contributed by atoms with van der Waals surface area (Å²) in [5.41, 5.74) is -0.588. The summed E-state index contributed by atoms with van der Waals surface area (Å²) in [5.74, 6) is -4.27. The molecule has 2 aliphatic carbocycles. The van der Waals surface area contributed by atoms with Gasteiger partial charge in [-0.15, -0.1) is 0 Å². The number of rotatable bonds is 6. The summed E-state index contributed by atoms with van der Waals surface area (Å²) in [6.45, 7) is 2.08. The number of ether oxygens (including phenoxy) is 2. The van der Waals surface area contributed by atoms with Gasteiger partial charge in [-0.25, -0.2) is 9.59 Å². The van der Waals surface area contributed by atoms with Crippen molar-refractivity contribution in [1.29, 1.82) is 0 Å². The maximum atomic E-state index is 13.0. The van der Waals surface area contributed by atoms with Gasteiger partial charge in [0.15, 0.2) is 0 Å². The van der Waals surface area contributed by atoms with Crippen molar-refractivity contribution in [2.45, 2.75) is 35.6 Å². The first-order valence-corrected chi connectivity index (χ1v) is 10.5. The first kappa shape index (κ1) is 20.1. The molecule has 3 fully saturated rings. The standard InChI is InChI=1S/C13H14F2O10S2/c1-5(4-23-12(17)13(14,15)27(20,21)22)11(16)24-9-6-2-7-8(3-6)26(18,19)25-10(7)9/h6-10H,1-4H2,(H,20,21,22). The van der Waals surface area contributed by atoms with Gasteiger partial charge in [0.1, 0.15) is 18.8 Å². The van der Waals surface area contributed by atoms with Gasteiger partial charge in [-0.1, -0.05) is 6.58 Å². The van der Waals surface area contributed by atoms with Gasteiger partial charge in [0.05, 0.1) is 10.8 Å². The lowest BCUT2D eigenvalue weighted by Crippen LogP contribution is -2.40. The molecule has 2 saturated carbocycles. The average molecular weight is 432 g/mol. The smallest absolute Gasteiger partial charge is 0.456 e. The molecule has 1 heterocycles. The average Bonchev–Trinajstić information content (AvgIpc) is 3.15. The van der Waals surface area contributed by atoms with Gasteiger partial charge in [0.2, 0.25) is 0 Å². The summed E-state index contributed by atoms with van der Waals surface area (Å²) in [6, 6.07) is 0. The summed E-state index contributed by atoms with van der Waals surface area (Å²) in [5, 5.41) is -5.84. The molecule has 0 aromatic heterocycles. The molecule has 0 spiro atoms. The van der Waals surface area contributed by atoms with E-state index in [4.69, 9.17) is 13.5 Å². The highest BCUT2D eigenvalue weighted by molar-refractivity contribution is 7.88. The molecule has 152 valence electrons. The molecule has 5 unspecified atom stereocenters. The van der Waals surface area contributed by atoms with Gasteiger partial charge in [-0.05, 0) is 12.8 Å². The number of carbonyl (C=O) groups excluding carboxylic acids is 2. The molecule has 1 aliphatic heterocycles. The molecule has 3 aliphatic rings. The molecule has 0 aromatic rings. The van der Waals surface area contributed by atoms with Crippen molar-refractivity contribution in [3.8, 4) is 0 Å². The Labute approximate surface area is 152 Å². The van der Waals surface area contributed by atoms with Crippen LogP contribution in [0, 0.1) is 11.8 Å². The predicted molar refractivity (Wildman–Crippen MR) is 80.3 cm³/mol. The van der Waals surface area contributed by atoms with Crippen LogP contribution in [0.25, 0.3) is 0 Å². The van der Waals surface area contributed by atoms with Crippen LogP contribution < -0.4 is 0 Å². The van der Waals surface area contributed by atoms with E-state index in [-0.39, 0.29) is 18.3 Å². The van der Waals surface area contributed by atoms with Crippen LogP contribution in [-0.2, 0) is 43.5 Å². The molecule has 27 heavy (non-hydrogen) atoms. The Morgan fingerprint density at radius 3 is 2.52 bits per heavy atom. The zero-order valence-electron chi connectivity index (χ0n) is 13.4. The minimum Gasteiger partial charge on any atom is -0.456 e. The maximum absolute atomic E-state index is 13.0. The summed E-state index contributed by atoms with van der Waals surface area (Å²) in [6.07, 6.45) is -0.942. The van der Waals surface area contributed by atoms with Crippen LogP contribution in [0.15, 0.2) is 12.2 Å².